The van der Waals surface area contributed by atoms with E-state index in [1.54, 1.807) is 8.61 Å². The van der Waals surface area contributed by atoms with Crippen LogP contribution in [0.3, 0.4) is 0 Å². The average molecular weight is 262 g/mol. The summed E-state index contributed by atoms with van der Waals surface area (Å²) in [4.78, 5) is 0. The molecule has 2 rings (SSSR count). The molecule has 2 fully saturated rings. The van der Waals surface area contributed by atoms with Crippen molar-refractivity contribution >= 4 is 10.2 Å². The summed E-state index contributed by atoms with van der Waals surface area (Å²) < 4.78 is 33.5. The van der Waals surface area contributed by atoms with Crippen molar-refractivity contribution in [3.63, 3.8) is 0 Å². The van der Waals surface area contributed by atoms with Crippen molar-refractivity contribution in [1.82, 2.24) is 8.61 Å². The van der Waals surface area contributed by atoms with Crippen LogP contribution in [0.15, 0.2) is 0 Å². The number of ether oxygens (including phenoxy) is 1. The highest BCUT2D eigenvalue weighted by Crippen LogP contribution is 2.18. The fourth-order valence-corrected chi connectivity index (χ4v) is 4.18. The van der Waals surface area contributed by atoms with E-state index in [4.69, 9.17) is 4.74 Å². The van der Waals surface area contributed by atoms with Crippen LogP contribution < -0.4 is 0 Å². The number of morpholine rings is 1. The third kappa shape index (κ3) is 3.19. The first-order valence-electron chi connectivity index (χ1n) is 6.47. The summed E-state index contributed by atoms with van der Waals surface area (Å²) in [7, 11) is -3.25. The van der Waals surface area contributed by atoms with E-state index in [2.05, 4.69) is 0 Å². The molecule has 0 aliphatic carbocycles. The molecule has 2 aliphatic heterocycles. The van der Waals surface area contributed by atoms with Gasteiger partial charge in [-0.25, -0.2) is 0 Å². The first kappa shape index (κ1) is 13.3. The minimum atomic E-state index is -3.25. The zero-order valence-corrected chi connectivity index (χ0v) is 11.3. The van der Waals surface area contributed by atoms with Crippen molar-refractivity contribution in [2.75, 3.05) is 32.8 Å². The standard InChI is InChI=1S/C11H22N2O3S/c1-11-10-13(8-9-16-11)17(14,15)12-6-4-2-3-5-7-12/h11H,2-10H2,1H3/t11-/m1/s1. The van der Waals surface area contributed by atoms with Gasteiger partial charge in [0.05, 0.1) is 12.7 Å². The Morgan fingerprint density at radius 2 is 1.65 bits per heavy atom. The zero-order chi connectivity index (χ0) is 12.3. The fraction of sp³-hybridized carbons (Fsp3) is 1.00. The van der Waals surface area contributed by atoms with Gasteiger partial charge < -0.3 is 4.74 Å². The van der Waals surface area contributed by atoms with Crippen LogP contribution in [0.2, 0.25) is 0 Å². The summed E-state index contributed by atoms with van der Waals surface area (Å²) >= 11 is 0. The summed E-state index contributed by atoms with van der Waals surface area (Å²) in [5, 5.41) is 0. The Morgan fingerprint density at radius 1 is 1.00 bits per heavy atom. The number of hydrogen-bond acceptors (Lipinski definition) is 3. The third-order valence-corrected chi connectivity index (χ3v) is 5.42. The highest BCUT2D eigenvalue weighted by Gasteiger charge is 2.32. The van der Waals surface area contributed by atoms with Gasteiger partial charge in [-0.3, -0.25) is 0 Å². The van der Waals surface area contributed by atoms with Crippen molar-refractivity contribution < 1.29 is 13.2 Å². The van der Waals surface area contributed by atoms with Crippen molar-refractivity contribution in [2.45, 2.75) is 38.7 Å². The van der Waals surface area contributed by atoms with Gasteiger partial charge in [0, 0.05) is 26.2 Å². The number of hydrogen-bond donors (Lipinski definition) is 0. The average Bonchev–Trinajstić information content (AvgIpc) is 2.58. The van der Waals surface area contributed by atoms with E-state index in [9.17, 15) is 8.42 Å². The minimum Gasteiger partial charge on any atom is -0.376 e. The molecule has 17 heavy (non-hydrogen) atoms. The maximum atomic E-state index is 12.4. The molecule has 0 spiro atoms. The van der Waals surface area contributed by atoms with E-state index in [1.807, 2.05) is 6.92 Å². The molecule has 0 aromatic carbocycles. The van der Waals surface area contributed by atoms with Crippen LogP contribution in [0.1, 0.15) is 32.6 Å². The maximum Gasteiger partial charge on any atom is 0.282 e. The van der Waals surface area contributed by atoms with Gasteiger partial charge in [0.2, 0.25) is 0 Å². The number of nitrogens with zero attached hydrogens (tertiary/aromatic N) is 2. The van der Waals surface area contributed by atoms with Gasteiger partial charge in [-0.1, -0.05) is 12.8 Å². The van der Waals surface area contributed by atoms with Gasteiger partial charge >= 0.3 is 0 Å². The van der Waals surface area contributed by atoms with Gasteiger partial charge in [0.25, 0.3) is 10.2 Å². The molecule has 6 heteroatoms. The molecule has 0 unspecified atom stereocenters. The SMILES string of the molecule is C[C@@H]1CN(S(=O)(=O)N2CCCCCC2)CCO1. The summed E-state index contributed by atoms with van der Waals surface area (Å²) in [5.41, 5.74) is 0. The van der Waals surface area contributed by atoms with E-state index in [1.165, 1.54) is 0 Å². The molecule has 1 atom stereocenters. The Morgan fingerprint density at radius 3 is 2.24 bits per heavy atom. The first-order chi connectivity index (χ1) is 8.10. The highest BCUT2D eigenvalue weighted by atomic mass is 32.2. The van der Waals surface area contributed by atoms with Gasteiger partial charge in [0.1, 0.15) is 0 Å². The molecule has 100 valence electrons. The fourth-order valence-electron chi connectivity index (χ4n) is 2.43. The van der Waals surface area contributed by atoms with Crippen LogP contribution in [0.25, 0.3) is 0 Å². The molecular formula is C11H22N2O3S. The van der Waals surface area contributed by atoms with Gasteiger partial charge in [-0.2, -0.15) is 17.0 Å². The first-order valence-corrected chi connectivity index (χ1v) is 7.87. The van der Waals surface area contributed by atoms with E-state index < -0.39 is 10.2 Å². The van der Waals surface area contributed by atoms with E-state index >= 15 is 0 Å². The molecule has 5 nitrogen and oxygen atoms in total. The number of rotatable bonds is 2. The second-order valence-electron chi connectivity index (χ2n) is 4.86. The molecule has 0 N–H and O–H groups in total. The summed E-state index contributed by atoms with van der Waals surface area (Å²) in [6.07, 6.45) is 4.26. The van der Waals surface area contributed by atoms with Gasteiger partial charge in [-0.15, -0.1) is 0 Å². The second-order valence-corrected chi connectivity index (χ2v) is 6.79. The Bertz CT molecular complexity index is 329. The third-order valence-electron chi connectivity index (χ3n) is 3.42. The van der Waals surface area contributed by atoms with Gasteiger partial charge in [-0.05, 0) is 19.8 Å². The van der Waals surface area contributed by atoms with Crippen molar-refractivity contribution in [3.8, 4) is 0 Å². The Kier molecular flexibility index (Phi) is 4.41. The molecule has 0 amide bonds. The molecule has 0 saturated carbocycles. The summed E-state index contributed by atoms with van der Waals surface area (Å²) in [6.45, 7) is 4.75. The predicted molar refractivity (Wildman–Crippen MR) is 65.9 cm³/mol. The van der Waals surface area contributed by atoms with Crippen molar-refractivity contribution in [2.24, 2.45) is 0 Å². The van der Waals surface area contributed by atoms with Crippen LogP contribution in [-0.2, 0) is 14.9 Å². The Balaban J connectivity index is 2.05. The topological polar surface area (TPSA) is 49.9 Å². The predicted octanol–water partition coefficient (Wildman–Crippen LogP) is 0.828. The maximum absolute atomic E-state index is 12.4. The van der Waals surface area contributed by atoms with Gasteiger partial charge in [0.15, 0.2) is 0 Å². The van der Waals surface area contributed by atoms with Crippen LogP contribution in [0, 0.1) is 0 Å². The Labute approximate surface area is 104 Å². The molecule has 0 radical (unpaired) electrons. The lowest BCUT2D eigenvalue weighted by molar-refractivity contribution is 0.00830. The molecule has 2 heterocycles. The monoisotopic (exact) mass is 262 g/mol. The summed E-state index contributed by atoms with van der Waals surface area (Å²) in [5.74, 6) is 0. The van der Waals surface area contributed by atoms with E-state index in [-0.39, 0.29) is 6.10 Å². The van der Waals surface area contributed by atoms with Crippen molar-refractivity contribution in [1.29, 1.82) is 0 Å². The highest BCUT2D eigenvalue weighted by molar-refractivity contribution is 7.86. The molecular weight excluding hydrogens is 240 g/mol. The lowest BCUT2D eigenvalue weighted by Crippen LogP contribution is -2.50. The largest absolute Gasteiger partial charge is 0.376 e. The molecule has 0 bridgehead atoms. The van der Waals surface area contributed by atoms with Crippen LogP contribution >= 0.6 is 0 Å². The van der Waals surface area contributed by atoms with E-state index in [0.717, 1.165) is 25.7 Å². The molecule has 2 saturated heterocycles. The van der Waals surface area contributed by atoms with Crippen molar-refractivity contribution in [3.05, 3.63) is 0 Å². The lowest BCUT2D eigenvalue weighted by atomic mass is 10.2. The molecule has 0 aromatic heterocycles. The molecule has 0 aromatic rings. The van der Waals surface area contributed by atoms with Crippen LogP contribution in [0.4, 0.5) is 0 Å². The summed E-state index contributed by atoms with van der Waals surface area (Å²) in [6, 6.07) is 0. The smallest absolute Gasteiger partial charge is 0.282 e. The normalized spacial score (nSPS) is 30.1. The molecule has 2 aliphatic rings. The lowest BCUT2D eigenvalue weighted by Gasteiger charge is -2.34. The minimum absolute atomic E-state index is 0.00510. The zero-order valence-electron chi connectivity index (χ0n) is 10.5. The second kappa shape index (κ2) is 5.65. The van der Waals surface area contributed by atoms with Crippen LogP contribution in [0.5, 0.6) is 0 Å². The van der Waals surface area contributed by atoms with E-state index in [0.29, 0.717) is 32.8 Å². The Hall–Kier alpha value is -0.170. The quantitative estimate of drug-likeness (QED) is 0.740. The van der Waals surface area contributed by atoms with Crippen LogP contribution in [-0.4, -0.2) is 55.9 Å².